The summed E-state index contributed by atoms with van der Waals surface area (Å²) in [6.07, 6.45) is 2.23. The van der Waals surface area contributed by atoms with Crippen molar-refractivity contribution >= 4 is 23.2 Å². The zero-order valence-corrected chi connectivity index (χ0v) is 16.0. The van der Waals surface area contributed by atoms with Crippen LogP contribution in [0.5, 0.6) is 0 Å². The lowest BCUT2D eigenvalue weighted by atomic mass is 9.70. The van der Waals surface area contributed by atoms with Crippen LogP contribution in [0, 0.1) is 5.41 Å². The number of halogens is 2. The normalized spacial score (nSPS) is 26.8. The van der Waals surface area contributed by atoms with E-state index in [9.17, 15) is 4.79 Å². The molecule has 1 aromatic carbocycles. The van der Waals surface area contributed by atoms with Gasteiger partial charge in [-0.25, -0.2) is 4.68 Å². The van der Waals surface area contributed by atoms with Gasteiger partial charge in [0.05, 0.1) is 11.4 Å². The molecule has 2 atom stereocenters. The van der Waals surface area contributed by atoms with Crippen LogP contribution in [-0.4, -0.2) is 9.36 Å². The van der Waals surface area contributed by atoms with Gasteiger partial charge in [-0.05, 0) is 49.3 Å². The van der Waals surface area contributed by atoms with E-state index < -0.39 is 0 Å². The lowest BCUT2D eigenvalue weighted by Gasteiger charge is -2.36. The monoisotopic (exact) mass is 364 g/mol. The highest BCUT2D eigenvalue weighted by atomic mass is 35.5. The van der Waals surface area contributed by atoms with Gasteiger partial charge in [0.15, 0.2) is 0 Å². The minimum atomic E-state index is 0.0375. The van der Waals surface area contributed by atoms with E-state index in [2.05, 4.69) is 32.4 Å². The van der Waals surface area contributed by atoms with Crippen LogP contribution in [0.2, 0.25) is 10.0 Å². The number of aromatic nitrogens is 2. The summed E-state index contributed by atoms with van der Waals surface area (Å²) < 4.78 is 3.91. The van der Waals surface area contributed by atoms with Crippen molar-refractivity contribution in [2.45, 2.75) is 58.4 Å². The molecule has 2 aromatic rings. The molecule has 128 valence electrons. The zero-order valence-electron chi connectivity index (χ0n) is 14.5. The Morgan fingerprint density at radius 1 is 1.17 bits per heavy atom. The Morgan fingerprint density at radius 3 is 2.38 bits per heavy atom. The third-order valence-electron chi connectivity index (χ3n) is 6.67. The van der Waals surface area contributed by atoms with Crippen molar-refractivity contribution in [3.8, 4) is 5.69 Å². The average Bonchev–Trinajstić information content (AvgIpc) is 2.97. The number of benzene rings is 1. The van der Waals surface area contributed by atoms with Crippen molar-refractivity contribution in [2.75, 3.05) is 0 Å². The van der Waals surface area contributed by atoms with Crippen LogP contribution >= 0.6 is 23.2 Å². The molecule has 1 heterocycles. The van der Waals surface area contributed by atoms with Crippen molar-refractivity contribution in [1.29, 1.82) is 0 Å². The molecule has 0 unspecified atom stereocenters. The fourth-order valence-corrected chi connectivity index (χ4v) is 5.62. The Bertz CT molecular complexity index is 889. The number of hydrogen-bond acceptors (Lipinski definition) is 1. The first-order chi connectivity index (χ1) is 11.2. The molecule has 1 aromatic heterocycles. The summed E-state index contributed by atoms with van der Waals surface area (Å²) in [4.78, 5) is 13.3. The molecule has 0 saturated heterocycles. The van der Waals surface area contributed by atoms with Crippen LogP contribution in [0.1, 0.15) is 57.7 Å². The third kappa shape index (κ3) is 1.78. The first-order valence-corrected chi connectivity index (χ1v) is 9.30. The first kappa shape index (κ1) is 16.3. The zero-order chi connectivity index (χ0) is 17.4. The standard InChI is InChI=1S/C19H22Cl2N2O/c1-5-22-16-15(14-6-7-19(16,4)18(14,2)3)17(24)23(22)13-9-11(20)8-12(21)10-13/h8-10,14H,5-7H2,1-4H3/t14-,19+/m1/s1. The van der Waals surface area contributed by atoms with E-state index in [-0.39, 0.29) is 16.4 Å². The van der Waals surface area contributed by atoms with E-state index in [1.807, 2.05) is 12.1 Å². The Balaban J connectivity index is 2.05. The summed E-state index contributed by atoms with van der Waals surface area (Å²) in [5.74, 6) is 0.332. The summed E-state index contributed by atoms with van der Waals surface area (Å²) in [5, 5.41) is 1.09. The van der Waals surface area contributed by atoms with Crippen LogP contribution in [-0.2, 0) is 12.0 Å². The second kappa shape index (κ2) is 4.92. The van der Waals surface area contributed by atoms with Gasteiger partial charge in [-0.15, -0.1) is 0 Å². The number of nitrogens with zero attached hydrogens (tertiary/aromatic N) is 2. The second-order valence-corrected chi connectivity index (χ2v) is 8.74. The predicted octanol–water partition coefficient (Wildman–Crippen LogP) is 5.14. The highest BCUT2D eigenvalue weighted by molar-refractivity contribution is 6.34. The van der Waals surface area contributed by atoms with Crippen molar-refractivity contribution in [2.24, 2.45) is 5.41 Å². The van der Waals surface area contributed by atoms with Crippen LogP contribution in [0.15, 0.2) is 23.0 Å². The molecule has 0 N–H and O–H groups in total. The number of hydrogen-bond donors (Lipinski definition) is 0. The Morgan fingerprint density at radius 2 is 1.79 bits per heavy atom. The topological polar surface area (TPSA) is 26.9 Å². The van der Waals surface area contributed by atoms with Gasteiger partial charge in [0, 0.05) is 27.6 Å². The quantitative estimate of drug-likeness (QED) is 0.724. The summed E-state index contributed by atoms with van der Waals surface area (Å²) >= 11 is 12.4. The van der Waals surface area contributed by atoms with E-state index in [1.54, 1.807) is 10.7 Å². The molecule has 3 nitrogen and oxygen atoms in total. The molecule has 5 heteroatoms. The maximum Gasteiger partial charge on any atom is 0.275 e. The van der Waals surface area contributed by atoms with Gasteiger partial charge in [-0.1, -0.05) is 44.0 Å². The van der Waals surface area contributed by atoms with E-state index in [4.69, 9.17) is 23.2 Å². The molecule has 4 rings (SSSR count). The molecule has 0 spiro atoms. The average molecular weight is 365 g/mol. The van der Waals surface area contributed by atoms with E-state index in [0.717, 1.165) is 30.6 Å². The van der Waals surface area contributed by atoms with Crippen LogP contribution < -0.4 is 5.56 Å². The van der Waals surface area contributed by atoms with Crippen LogP contribution in [0.4, 0.5) is 0 Å². The van der Waals surface area contributed by atoms with Crippen molar-refractivity contribution < 1.29 is 0 Å². The molecule has 0 aliphatic heterocycles. The fraction of sp³-hybridized carbons (Fsp3) is 0.526. The smallest absolute Gasteiger partial charge is 0.275 e. The lowest BCUT2D eigenvalue weighted by molar-refractivity contribution is 0.216. The molecule has 2 bridgehead atoms. The highest BCUT2D eigenvalue weighted by Crippen LogP contribution is 2.67. The van der Waals surface area contributed by atoms with Gasteiger partial charge in [0.25, 0.3) is 5.56 Å². The molecule has 0 amide bonds. The lowest BCUT2D eigenvalue weighted by Crippen LogP contribution is -2.35. The fourth-order valence-electron chi connectivity index (χ4n) is 5.11. The largest absolute Gasteiger partial charge is 0.281 e. The summed E-state index contributed by atoms with van der Waals surface area (Å²) in [6.45, 7) is 9.77. The first-order valence-electron chi connectivity index (χ1n) is 8.55. The molecule has 1 fully saturated rings. The minimum Gasteiger partial charge on any atom is -0.281 e. The molecule has 2 aliphatic carbocycles. The molecular formula is C19H22Cl2N2O. The van der Waals surface area contributed by atoms with Crippen molar-refractivity contribution in [3.63, 3.8) is 0 Å². The maximum absolute atomic E-state index is 13.3. The summed E-state index contributed by atoms with van der Waals surface area (Å²) in [5.41, 5.74) is 3.22. The molecule has 0 radical (unpaired) electrons. The van der Waals surface area contributed by atoms with Crippen molar-refractivity contribution in [1.82, 2.24) is 9.36 Å². The van der Waals surface area contributed by atoms with Gasteiger partial charge in [0.2, 0.25) is 0 Å². The van der Waals surface area contributed by atoms with E-state index >= 15 is 0 Å². The highest BCUT2D eigenvalue weighted by Gasteiger charge is 2.62. The van der Waals surface area contributed by atoms with Crippen LogP contribution in [0.3, 0.4) is 0 Å². The molecule has 2 aliphatic rings. The van der Waals surface area contributed by atoms with E-state index in [0.29, 0.717) is 16.0 Å². The Labute approximate surface area is 152 Å². The van der Waals surface area contributed by atoms with Gasteiger partial charge in [0.1, 0.15) is 0 Å². The van der Waals surface area contributed by atoms with Gasteiger partial charge < -0.3 is 0 Å². The van der Waals surface area contributed by atoms with Gasteiger partial charge >= 0.3 is 0 Å². The van der Waals surface area contributed by atoms with E-state index in [1.165, 1.54) is 5.69 Å². The minimum absolute atomic E-state index is 0.0375. The van der Waals surface area contributed by atoms with Crippen molar-refractivity contribution in [3.05, 3.63) is 49.9 Å². The van der Waals surface area contributed by atoms with Gasteiger partial charge in [-0.2, -0.15) is 0 Å². The number of rotatable bonds is 2. The Kier molecular flexibility index (Phi) is 3.34. The summed E-state index contributed by atoms with van der Waals surface area (Å²) in [7, 11) is 0. The molecule has 24 heavy (non-hydrogen) atoms. The van der Waals surface area contributed by atoms with Gasteiger partial charge in [-0.3, -0.25) is 9.48 Å². The number of fused-ring (bicyclic) bond motifs is 5. The SMILES string of the molecule is CCn1c2c(c(=O)n1-c1cc(Cl)cc(Cl)c1)[C@H]1CC[C@]2(C)C1(C)C. The maximum atomic E-state index is 13.3. The van der Waals surface area contributed by atoms with Crippen LogP contribution in [0.25, 0.3) is 5.69 Å². The Hall–Kier alpha value is -1.19. The molecule has 1 saturated carbocycles. The predicted molar refractivity (Wildman–Crippen MR) is 98.8 cm³/mol. The molecular weight excluding hydrogens is 343 g/mol. The summed E-state index contributed by atoms with van der Waals surface area (Å²) in [6, 6.07) is 5.32. The second-order valence-electron chi connectivity index (χ2n) is 7.87. The third-order valence-corrected chi connectivity index (χ3v) is 7.10.